The fourth-order valence-electron chi connectivity index (χ4n) is 3.58. The Kier molecular flexibility index (Phi) is 4.17. The fourth-order valence-corrected chi connectivity index (χ4v) is 3.58. The van der Waals surface area contributed by atoms with Gasteiger partial charge in [-0.1, -0.05) is 65.8 Å². The van der Waals surface area contributed by atoms with Crippen LogP contribution in [0.1, 0.15) is 16.1 Å². The summed E-state index contributed by atoms with van der Waals surface area (Å²) in [4.78, 5) is 25.5. The molecule has 6 nitrogen and oxygen atoms in total. The molecular weight excluding hydrogens is 380 g/mol. The Labute approximate surface area is 170 Å². The van der Waals surface area contributed by atoms with E-state index < -0.39 is 11.5 Å². The van der Waals surface area contributed by atoms with Crippen molar-refractivity contribution in [2.75, 3.05) is 5.32 Å². The summed E-state index contributed by atoms with van der Waals surface area (Å²) in [5, 5.41) is 9.39. The standard InChI is InChI=1S/C24H16N2O4/c1-14-21(22(26-30-14)16-8-3-2-4-9-16)23(27)25-19-13-18-17-10-6-5-7-15(17)11-12-20(18)29-24(19)28/h2-13H,1H3,(H,25,27). The van der Waals surface area contributed by atoms with Crippen molar-refractivity contribution in [2.24, 2.45) is 0 Å². The van der Waals surface area contributed by atoms with Crippen LogP contribution in [0.15, 0.2) is 86.5 Å². The van der Waals surface area contributed by atoms with Crippen molar-refractivity contribution in [3.05, 3.63) is 94.5 Å². The Morgan fingerprint density at radius 1 is 0.933 bits per heavy atom. The molecule has 2 aromatic heterocycles. The minimum Gasteiger partial charge on any atom is -0.421 e. The molecule has 0 radical (unpaired) electrons. The van der Waals surface area contributed by atoms with Gasteiger partial charge < -0.3 is 14.3 Å². The van der Waals surface area contributed by atoms with Gasteiger partial charge in [0.1, 0.15) is 28.3 Å². The zero-order valence-electron chi connectivity index (χ0n) is 16.0. The van der Waals surface area contributed by atoms with Crippen molar-refractivity contribution >= 4 is 33.3 Å². The van der Waals surface area contributed by atoms with Gasteiger partial charge in [-0.05, 0) is 29.8 Å². The van der Waals surface area contributed by atoms with Gasteiger partial charge in [0.05, 0.1) is 0 Å². The smallest absolute Gasteiger partial charge is 0.360 e. The third-order valence-electron chi connectivity index (χ3n) is 5.03. The summed E-state index contributed by atoms with van der Waals surface area (Å²) >= 11 is 0. The molecule has 5 aromatic rings. The molecule has 1 amide bonds. The molecule has 0 unspecified atom stereocenters. The summed E-state index contributed by atoms with van der Waals surface area (Å²) < 4.78 is 10.7. The molecule has 2 heterocycles. The summed E-state index contributed by atoms with van der Waals surface area (Å²) in [6, 6.07) is 22.3. The number of hydrogen-bond acceptors (Lipinski definition) is 5. The number of hydrogen-bond donors (Lipinski definition) is 1. The first-order valence-electron chi connectivity index (χ1n) is 9.40. The number of benzene rings is 3. The third-order valence-corrected chi connectivity index (χ3v) is 5.03. The number of nitrogens with zero attached hydrogens (tertiary/aromatic N) is 1. The molecule has 0 atom stereocenters. The average Bonchev–Trinajstić information content (AvgIpc) is 3.16. The molecule has 0 aliphatic rings. The van der Waals surface area contributed by atoms with E-state index in [9.17, 15) is 9.59 Å². The van der Waals surface area contributed by atoms with Gasteiger partial charge in [0.2, 0.25) is 0 Å². The highest BCUT2D eigenvalue weighted by Gasteiger charge is 2.23. The molecular formula is C24H16N2O4. The zero-order chi connectivity index (χ0) is 20.7. The Hall–Kier alpha value is -4.19. The largest absolute Gasteiger partial charge is 0.421 e. The van der Waals surface area contributed by atoms with E-state index in [2.05, 4.69) is 10.5 Å². The number of aromatic nitrogens is 1. The molecule has 0 saturated heterocycles. The van der Waals surface area contributed by atoms with E-state index in [4.69, 9.17) is 8.94 Å². The van der Waals surface area contributed by atoms with Gasteiger partial charge in [0.15, 0.2) is 0 Å². The highest BCUT2D eigenvalue weighted by atomic mass is 16.5. The zero-order valence-corrected chi connectivity index (χ0v) is 16.0. The molecule has 146 valence electrons. The van der Waals surface area contributed by atoms with Crippen LogP contribution in [0.3, 0.4) is 0 Å². The van der Waals surface area contributed by atoms with Gasteiger partial charge in [0, 0.05) is 10.9 Å². The van der Waals surface area contributed by atoms with Crippen LogP contribution in [0.2, 0.25) is 0 Å². The summed E-state index contributed by atoms with van der Waals surface area (Å²) in [5.74, 6) is -0.124. The SMILES string of the molecule is Cc1onc(-c2ccccc2)c1C(=O)Nc1cc2c(ccc3ccccc32)oc1=O. The van der Waals surface area contributed by atoms with E-state index >= 15 is 0 Å². The molecule has 0 fully saturated rings. The van der Waals surface area contributed by atoms with Crippen LogP contribution in [-0.4, -0.2) is 11.1 Å². The second-order valence-electron chi connectivity index (χ2n) is 6.93. The van der Waals surface area contributed by atoms with Crippen molar-refractivity contribution in [1.82, 2.24) is 5.16 Å². The van der Waals surface area contributed by atoms with E-state index in [0.717, 1.165) is 21.7 Å². The molecule has 0 saturated carbocycles. The summed E-state index contributed by atoms with van der Waals surface area (Å²) in [6.07, 6.45) is 0. The Morgan fingerprint density at radius 3 is 2.53 bits per heavy atom. The van der Waals surface area contributed by atoms with Crippen molar-refractivity contribution < 1.29 is 13.7 Å². The second kappa shape index (κ2) is 7.00. The molecule has 3 aromatic carbocycles. The lowest BCUT2D eigenvalue weighted by Gasteiger charge is -2.07. The van der Waals surface area contributed by atoms with E-state index in [1.165, 1.54) is 0 Å². The lowest BCUT2D eigenvalue weighted by atomic mass is 10.0. The Morgan fingerprint density at radius 2 is 1.70 bits per heavy atom. The summed E-state index contributed by atoms with van der Waals surface area (Å²) in [6.45, 7) is 1.66. The fraction of sp³-hybridized carbons (Fsp3) is 0.0417. The first kappa shape index (κ1) is 17.9. The number of anilines is 1. The van der Waals surface area contributed by atoms with Gasteiger partial charge in [-0.25, -0.2) is 4.79 Å². The van der Waals surface area contributed by atoms with E-state index in [0.29, 0.717) is 17.0 Å². The third kappa shape index (κ3) is 2.95. The molecule has 6 heteroatoms. The summed E-state index contributed by atoms with van der Waals surface area (Å²) in [7, 11) is 0. The van der Waals surface area contributed by atoms with E-state index in [-0.39, 0.29) is 11.3 Å². The van der Waals surface area contributed by atoms with Crippen LogP contribution in [0, 0.1) is 6.92 Å². The number of nitrogens with one attached hydrogen (secondary N) is 1. The number of fused-ring (bicyclic) bond motifs is 3. The molecule has 0 bridgehead atoms. The van der Waals surface area contributed by atoms with Gasteiger partial charge in [-0.15, -0.1) is 0 Å². The van der Waals surface area contributed by atoms with E-state index in [1.54, 1.807) is 19.1 Å². The number of carbonyl (C=O) groups is 1. The Bertz CT molecular complexity index is 1470. The van der Waals surface area contributed by atoms with Crippen LogP contribution in [-0.2, 0) is 0 Å². The maximum absolute atomic E-state index is 13.1. The Balaban J connectivity index is 1.59. The maximum atomic E-state index is 13.1. The van der Waals surface area contributed by atoms with Gasteiger partial charge in [-0.3, -0.25) is 4.79 Å². The molecule has 30 heavy (non-hydrogen) atoms. The van der Waals surface area contributed by atoms with Crippen LogP contribution >= 0.6 is 0 Å². The number of rotatable bonds is 3. The average molecular weight is 396 g/mol. The van der Waals surface area contributed by atoms with Crippen LogP contribution in [0.25, 0.3) is 33.0 Å². The van der Waals surface area contributed by atoms with Crippen LogP contribution < -0.4 is 10.9 Å². The molecule has 0 aliphatic carbocycles. The number of amides is 1. The quantitative estimate of drug-likeness (QED) is 0.336. The highest BCUT2D eigenvalue weighted by molar-refractivity contribution is 6.11. The first-order chi connectivity index (χ1) is 14.6. The topological polar surface area (TPSA) is 85.3 Å². The van der Waals surface area contributed by atoms with Crippen LogP contribution in [0.5, 0.6) is 0 Å². The maximum Gasteiger partial charge on any atom is 0.360 e. The second-order valence-corrected chi connectivity index (χ2v) is 6.93. The number of aryl methyl sites for hydroxylation is 1. The lowest BCUT2D eigenvalue weighted by molar-refractivity contribution is 0.102. The monoisotopic (exact) mass is 396 g/mol. The molecule has 0 spiro atoms. The molecule has 0 aliphatic heterocycles. The molecule has 1 N–H and O–H groups in total. The summed E-state index contributed by atoms with van der Waals surface area (Å²) in [5.41, 5.74) is 1.34. The van der Waals surface area contributed by atoms with Gasteiger partial charge in [-0.2, -0.15) is 0 Å². The number of carbonyl (C=O) groups excluding carboxylic acids is 1. The van der Waals surface area contributed by atoms with Crippen molar-refractivity contribution in [1.29, 1.82) is 0 Å². The molecule has 5 rings (SSSR count). The predicted molar refractivity (Wildman–Crippen MR) is 115 cm³/mol. The normalized spacial score (nSPS) is 11.1. The highest BCUT2D eigenvalue weighted by Crippen LogP contribution is 2.28. The van der Waals surface area contributed by atoms with E-state index in [1.807, 2.05) is 60.7 Å². The minimum atomic E-state index is -0.624. The van der Waals surface area contributed by atoms with Gasteiger partial charge in [0.25, 0.3) is 5.91 Å². The minimum absolute atomic E-state index is 0.0588. The van der Waals surface area contributed by atoms with Crippen molar-refractivity contribution in [3.8, 4) is 11.3 Å². The van der Waals surface area contributed by atoms with Crippen molar-refractivity contribution in [2.45, 2.75) is 6.92 Å². The first-order valence-corrected chi connectivity index (χ1v) is 9.40. The van der Waals surface area contributed by atoms with Crippen molar-refractivity contribution in [3.63, 3.8) is 0 Å². The lowest BCUT2D eigenvalue weighted by Crippen LogP contribution is -2.18. The predicted octanol–water partition coefficient (Wildman–Crippen LogP) is 5.16. The van der Waals surface area contributed by atoms with Gasteiger partial charge >= 0.3 is 5.63 Å². The van der Waals surface area contributed by atoms with Crippen LogP contribution in [0.4, 0.5) is 5.69 Å².